The molecule has 2 heterocycles. The largest absolute Gasteiger partial charge is 0.369 e. The number of anilines is 1. The lowest BCUT2D eigenvalue weighted by molar-refractivity contribution is -0.896. The van der Waals surface area contributed by atoms with Crippen molar-refractivity contribution in [2.24, 2.45) is 5.92 Å². The van der Waals surface area contributed by atoms with Crippen LogP contribution in [-0.4, -0.2) is 36.1 Å². The number of aromatic nitrogens is 2. The summed E-state index contributed by atoms with van der Waals surface area (Å²) in [6.07, 6.45) is 6.58. The lowest BCUT2D eigenvalue weighted by Crippen LogP contribution is -3.11. The molecule has 1 aliphatic rings. The van der Waals surface area contributed by atoms with Gasteiger partial charge >= 0.3 is 0 Å². The number of nitrogens with zero attached hydrogens (tertiary/aromatic N) is 2. The van der Waals surface area contributed by atoms with Gasteiger partial charge in [-0.05, 0) is 44.6 Å². The average molecular weight is 334 g/mol. The van der Waals surface area contributed by atoms with Gasteiger partial charge in [-0.25, -0.2) is 9.97 Å². The maximum Gasteiger partial charge on any atom is 0.138 e. The molecule has 1 atom stereocenters. The Hall–Kier alpha value is -1.20. The summed E-state index contributed by atoms with van der Waals surface area (Å²) in [7, 11) is 0. The monoisotopic (exact) mass is 333 g/mol. The molecule has 0 bridgehead atoms. The third-order valence-electron chi connectivity index (χ3n) is 5.09. The van der Waals surface area contributed by atoms with Crippen molar-refractivity contribution in [2.45, 2.75) is 46.5 Å². The number of aryl methyl sites for hydroxylation is 1. The Bertz CT molecular complexity index is 648. The second kappa shape index (κ2) is 7.58. The first kappa shape index (κ1) is 16.7. The summed E-state index contributed by atoms with van der Waals surface area (Å²) in [4.78, 5) is 13.4. The lowest BCUT2D eigenvalue weighted by Gasteiger charge is -2.18. The van der Waals surface area contributed by atoms with Crippen molar-refractivity contribution in [1.29, 1.82) is 0 Å². The summed E-state index contributed by atoms with van der Waals surface area (Å²) in [5.74, 6) is 1.86. The van der Waals surface area contributed by atoms with E-state index in [1.54, 1.807) is 11.2 Å². The molecule has 23 heavy (non-hydrogen) atoms. The van der Waals surface area contributed by atoms with E-state index >= 15 is 0 Å². The Labute approximate surface area is 143 Å². The molecule has 0 aliphatic heterocycles. The van der Waals surface area contributed by atoms with Crippen LogP contribution in [0, 0.1) is 5.92 Å². The summed E-state index contributed by atoms with van der Waals surface area (Å²) >= 11 is 1.87. The van der Waals surface area contributed by atoms with Gasteiger partial charge in [0.15, 0.2) is 0 Å². The van der Waals surface area contributed by atoms with E-state index in [2.05, 4.69) is 36.1 Å². The molecule has 0 saturated heterocycles. The smallest absolute Gasteiger partial charge is 0.138 e. The Morgan fingerprint density at radius 1 is 1.30 bits per heavy atom. The van der Waals surface area contributed by atoms with E-state index in [0.29, 0.717) is 0 Å². The zero-order valence-electron chi connectivity index (χ0n) is 14.6. The third kappa shape index (κ3) is 3.66. The lowest BCUT2D eigenvalue weighted by atomic mass is 9.89. The first-order valence-corrected chi connectivity index (χ1v) is 9.87. The molecule has 0 saturated carbocycles. The van der Waals surface area contributed by atoms with Crippen LogP contribution in [0.3, 0.4) is 0 Å². The Balaban J connectivity index is 1.71. The molecule has 126 valence electrons. The zero-order chi connectivity index (χ0) is 16.2. The number of thiophene rings is 1. The van der Waals surface area contributed by atoms with Gasteiger partial charge in [-0.1, -0.05) is 6.92 Å². The van der Waals surface area contributed by atoms with Crippen LogP contribution >= 0.6 is 11.3 Å². The van der Waals surface area contributed by atoms with E-state index < -0.39 is 0 Å². The van der Waals surface area contributed by atoms with E-state index in [4.69, 9.17) is 0 Å². The van der Waals surface area contributed by atoms with Crippen molar-refractivity contribution < 1.29 is 4.90 Å². The number of hydrogen-bond acceptors (Lipinski definition) is 4. The topological polar surface area (TPSA) is 42.2 Å². The van der Waals surface area contributed by atoms with Gasteiger partial charge in [0.1, 0.15) is 17.0 Å². The van der Waals surface area contributed by atoms with Crippen molar-refractivity contribution in [3.8, 4) is 0 Å². The Kier molecular flexibility index (Phi) is 5.49. The summed E-state index contributed by atoms with van der Waals surface area (Å²) in [6.45, 7) is 11.5. The van der Waals surface area contributed by atoms with Gasteiger partial charge in [0.2, 0.25) is 0 Å². The minimum Gasteiger partial charge on any atom is -0.369 e. The number of nitrogens with one attached hydrogen (secondary N) is 2. The predicted octanol–water partition coefficient (Wildman–Crippen LogP) is 2.54. The van der Waals surface area contributed by atoms with E-state index in [1.807, 2.05) is 11.3 Å². The van der Waals surface area contributed by atoms with Crippen molar-refractivity contribution in [2.75, 3.05) is 31.5 Å². The van der Waals surface area contributed by atoms with Gasteiger partial charge in [0.05, 0.1) is 25.0 Å². The van der Waals surface area contributed by atoms with Gasteiger partial charge in [0.25, 0.3) is 0 Å². The van der Waals surface area contributed by atoms with Crippen LogP contribution in [0.5, 0.6) is 0 Å². The second-order valence-electron chi connectivity index (χ2n) is 6.74. The molecule has 1 unspecified atom stereocenters. The van der Waals surface area contributed by atoms with Gasteiger partial charge in [-0.3, -0.25) is 0 Å². The number of hydrogen-bond donors (Lipinski definition) is 2. The molecule has 5 heteroatoms. The highest BCUT2D eigenvalue weighted by Crippen LogP contribution is 2.39. The van der Waals surface area contributed by atoms with Crippen molar-refractivity contribution in [1.82, 2.24) is 9.97 Å². The third-order valence-corrected chi connectivity index (χ3v) is 6.25. The summed E-state index contributed by atoms with van der Waals surface area (Å²) < 4.78 is 0. The molecule has 0 fully saturated rings. The molecule has 0 radical (unpaired) electrons. The molecule has 1 aliphatic carbocycles. The summed E-state index contributed by atoms with van der Waals surface area (Å²) in [6, 6.07) is 0. The van der Waals surface area contributed by atoms with Gasteiger partial charge in [-0.15, -0.1) is 11.3 Å². The Morgan fingerprint density at radius 2 is 2.13 bits per heavy atom. The van der Waals surface area contributed by atoms with Crippen LogP contribution in [0.15, 0.2) is 6.33 Å². The zero-order valence-corrected chi connectivity index (χ0v) is 15.4. The first-order chi connectivity index (χ1) is 11.2. The van der Waals surface area contributed by atoms with Crippen LogP contribution in [0.25, 0.3) is 10.2 Å². The van der Waals surface area contributed by atoms with Crippen LogP contribution in [0.4, 0.5) is 5.82 Å². The fourth-order valence-corrected chi connectivity index (χ4v) is 4.91. The molecular weight excluding hydrogens is 304 g/mol. The Morgan fingerprint density at radius 3 is 2.91 bits per heavy atom. The highest BCUT2D eigenvalue weighted by atomic mass is 32.1. The van der Waals surface area contributed by atoms with Gasteiger partial charge in [0, 0.05) is 17.8 Å². The fraction of sp³-hybridized carbons (Fsp3) is 0.667. The second-order valence-corrected chi connectivity index (χ2v) is 7.83. The first-order valence-electron chi connectivity index (χ1n) is 9.05. The standard InChI is InChI=1S/C18H28N4S/c1-4-22(5-2)10-6-9-19-17-16-14-8-7-13(3)11-15(14)23-18(16)21-12-20-17/h12-13H,4-11H2,1-3H3,(H,19,20,21)/p+1. The van der Waals surface area contributed by atoms with Crippen molar-refractivity contribution in [3.05, 3.63) is 16.8 Å². The van der Waals surface area contributed by atoms with Crippen molar-refractivity contribution in [3.63, 3.8) is 0 Å². The SMILES string of the molecule is CC[NH+](CC)CCCNc1ncnc2sc3c(c12)CCC(C)C3. The van der Waals surface area contributed by atoms with E-state index in [0.717, 1.165) is 23.1 Å². The van der Waals surface area contributed by atoms with Crippen molar-refractivity contribution >= 4 is 27.4 Å². The average Bonchev–Trinajstić information content (AvgIpc) is 2.93. The maximum atomic E-state index is 4.54. The predicted molar refractivity (Wildman–Crippen MR) is 98.6 cm³/mol. The molecule has 0 spiro atoms. The molecule has 0 amide bonds. The number of quaternary nitrogens is 1. The normalized spacial score (nSPS) is 17.7. The van der Waals surface area contributed by atoms with Crippen LogP contribution in [0.2, 0.25) is 0 Å². The van der Waals surface area contributed by atoms with Crippen LogP contribution < -0.4 is 10.2 Å². The van der Waals surface area contributed by atoms with Crippen LogP contribution in [0.1, 0.15) is 44.1 Å². The molecule has 2 aromatic heterocycles. The number of rotatable bonds is 7. The van der Waals surface area contributed by atoms with Gasteiger partial charge < -0.3 is 10.2 Å². The minimum atomic E-state index is 0.803. The summed E-state index contributed by atoms with van der Waals surface area (Å²) in [5, 5.41) is 4.88. The maximum absolute atomic E-state index is 4.54. The fourth-order valence-electron chi connectivity index (χ4n) is 3.56. The van der Waals surface area contributed by atoms with E-state index in [1.165, 1.54) is 61.1 Å². The molecule has 2 N–H and O–H groups in total. The number of fused-ring (bicyclic) bond motifs is 3. The highest BCUT2D eigenvalue weighted by Gasteiger charge is 2.22. The molecule has 0 aromatic carbocycles. The van der Waals surface area contributed by atoms with Gasteiger partial charge in [-0.2, -0.15) is 0 Å². The minimum absolute atomic E-state index is 0.803. The molecule has 4 nitrogen and oxygen atoms in total. The quantitative estimate of drug-likeness (QED) is 0.765. The molecule has 2 aromatic rings. The molecule has 3 rings (SSSR count). The molecular formula is C18H29N4S+. The van der Waals surface area contributed by atoms with E-state index in [9.17, 15) is 0 Å². The van der Waals surface area contributed by atoms with E-state index in [-0.39, 0.29) is 0 Å². The van der Waals surface area contributed by atoms with Crippen LogP contribution in [-0.2, 0) is 12.8 Å². The highest BCUT2D eigenvalue weighted by molar-refractivity contribution is 7.19. The summed E-state index contributed by atoms with van der Waals surface area (Å²) in [5.41, 5.74) is 1.51.